The Kier molecular flexibility index (Phi) is 4.91. The van der Waals surface area contributed by atoms with Gasteiger partial charge in [-0.15, -0.1) is 0 Å². The van der Waals surface area contributed by atoms with Crippen LogP contribution < -0.4 is 5.32 Å². The van der Waals surface area contributed by atoms with Gasteiger partial charge in [-0.1, -0.05) is 30.3 Å². The predicted octanol–water partition coefficient (Wildman–Crippen LogP) is 4.70. The molecule has 2 nitrogen and oxygen atoms in total. The summed E-state index contributed by atoms with van der Waals surface area (Å²) in [4.78, 5) is 1.87. The Hall–Kier alpha value is -1.94. The molecular weight excluding hydrogens is 294 g/mol. The number of halogens is 2. The third-order valence-corrected chi connectivity index (χ3v) is 4.20. The van der Waals surface area contributed by atoms with Crippen LogP contribution in [0.1, 0.15) is 18.4 Å². The number of likely N-dealkylation sites (tertiary alicyclic amines) is 1. The zero-order valence-electron chi connectivity index (χ0n) is 13.1. The SMILES string of the molecule is FC1(F)CCCN(CCc2ccc(Nc3ccccc3)cc2)C1. The second-order valence-electron chi connectivity index (χ2n) is 6.17. The summed E-state index contributed by atoms with van der Waals surface area (Å²) in [5.41, 5.74) is 3.26. The molecule has 2 aromatic rings. The van der Waals surface area contributed by atoms with Crippen LogP contribution >= 0.6 is 0 Å². The fraction of sp³-hybridized carbons (Fsp3) is 0.368. The number of hydrogen-bond donors (Lipinski definition) is 1. The summed E-state index contributed by atoms with van der Waals surface area (Å²) in [6.45, 7) is 1.38. The Bertz CT molecular complexity index is 611. The van der Waals surface area contributed by atoms with E-state index in [4.69, 9.17) is 0 Å². The van der Waals surface area contributed by atoms with E-state index in [1.807, 2.05) is 47.4 Å². The molecule has 1 saturated heterocycles. The molecule has 0 saturated carbocycles. The van der Waals surface area contributed by atoms with Gasteiger partial charge in [0.05, 0.1) is 6.54 Å². The summed E-state index contributed by atoms with van der Waals surface area (Å²) in [6, 6.07) is 18.2. The first-order chi connectivity index (χ1) is 11.1. The molecule has 1 fully saturated rings. The molecule has 122 valence electrons. The van der Waals surface area contributed by atoms with Crippen LogP contribution in [0.5, 0.6) is 0 Å². The third-order valence-electron chi connectivity index (χ3n) is 4.20. The van der Waals surface area contributed by atoms with E-state index in [0.717, 1.165) is 24.3 Å². The summed E-state index contributed by atoms with van der Waals surface area (Å²) in [5.74, 6) is -2.51. The fourth-order valence-electron chi connectivity index (χ4n) is 2.97. The van der Waals surface area contributed by atoms with Crippen LogP contribution in [0.2, 0.25) is 0 Å². The van der Waals surface area contributed by atoms with Crippen LogP contribution in [0.15, 0.2) is 54.6 Å². The first-order valence-electron chi connectivity index (χ1n) is 8.12. The number of hydrogen-bond acceptors (Lipinski definition) is 2. The molecule has 0 unspecified atom stereocenters. The van der Waals surface area contributed by atoms with E-state index in [1.54, 1.807) is 0 Å². The van der Waals surface area contributed by atoms with Gasteiger partial charge in [0, 0.05) is 24.3 Å². The lowest BCUT2D eigenvalue weighted by molar-refractivity contribution is -0.0635. The van der Waals surface area contributed by atoms with Crippen molar-refractivity contribution in [3.8, 4) is 0 Å². The number of nitrogens with one attached hydrogen (secondary N) is 1. The van der Waals surface area contributed by atoms with Crippen LogP contribution in [-0.4, -0.2) is 30.5 Å². The monoisotopic (exact) mass is 316 g/mol. The Labute approximate surface area is 136 Å². The lowest BCUT2D eigenvalue weighted by Gasteiger charge is -2.32. The third kappa shape index (κ3) is 4.76. The lowest BCUT2D eigenvalue weighted by Crippen LogP contribution is -2.43. The average Bonchev–Trinajstić information content (AvgIpc) is 2.54. The first kappa shape index (κ1) is 15.9. The molecule has 0 aromatic heterocycles. The summed E-state index contributed by atoms with van der Waals surface area (Å²) < 4.78 is 26.8. The number of para-hydroxylation sites is 1. The highest BCUT2D eigenvalue weighted by Crippen LogP contribution is 2.26. The molecule has 3 rings (SSSR count). The number of benzene rings is 2. The largest absolute Gasteiger partial charge is 0.356 e. The maximum absolute atomic E-state index is 13.4. The highest BCUT2D eigenvalue weighted by molar-refractivity contribution is 5.59. The molecule has 1 aliphatic rings. The maximum atomic E-state index is 13.4. The van der Waals surface area contributed by atoms with Crippen LogP contribution in [0.25, 0.3) is 0 Å². The second kappa shape index (κ2) is 7.09. The summed E-state index contributed by atoms with van der Waals surface area (Å²) in [7, 11) is 0. The molecule has 0 radical (unpaired) electrons. The fourth-order valence-corrected chi connectivity index (χ4v) is 2.97. The quantitative estimate of drug-likeness (QED) is 0.860. The molecular formula is C19H22F2N2. The van der Waals surface area contributed by atoms with E-state index in [0.29, 0.717) is 13.0 Å². The smallest absolute Gasteiger partial charge is 0.260 e. The van der Waals surface area contributed by atoms with Crippen molar-refractivity contribution in [2.45, 2.75) is 25.2 Å². The molecule has 2 aromatic carbocycles. The Morgan fingerprint density at radius 2 is 1.65 bits per heavy atom. The van der Waals surface area contributed by atoms with Crippen molar-refractivity contribution in [3.05, 3.63) is 60.2 Å². The van der Waals surface area contributed by atoms with Crippen molar-refractivity contribution in [2.24, 2.45) is 0 Å². The standard InChI is InChI=1S/C19H22F2N2/c20-19(21)12-4-13-23(15-19)14-11-16-7-9-18(10-8-16)22-17-5-2-1-3-6-17/h1-3,5-10,22H,4,11-15H2. The molecule has 4 heteroatoms. The summed E-state index contributed by atoms with van der Waals surface area (Å²) >= 11 is 0. The molecule has 0 spiro atoms. The van der Waals surface area contributed by atoms with Crippen LogP contribution in [0.3, 0.4) is 0 Å². The molecule has 23 heavy (non-hydrogen) atoms. The number of rotatable bonds is 5. The van der Waals surface area contributed by atoms with E-state index in [9.17, 15) is 8.78 Å². The van der Waals surface area contributed by atoms with Gasteiger partial charge >= 0.3 is 0 Å². The van der Waals surface area contributed by atoms with Gasteiger partial charge in [-0.05, 0) is 49.2 Å². The van der Waals surface area contributed by atoms with Crippen LogP contribution in [0.4, 0.5) is 20.2 Å². The number of nitrogens with zero attached hydrogens (tertiary/aromatic N) is 1. The van der Waals surface area contributed by atoms with E-state index in [2.05, 4.69) is 17.4 Å². The van der Waals surface area contributed by atoms with Gasteiger partial charge in [-0.25, -0.2) is 8.78 Å². The van der Waals surface area contributed by atoms with Gasteiger partial charge in [0.15, 0.2) is 0 Å². The van der Waals surface area contributed by atoms with E-state index in [1.165, 1.54) is 5.56 Å². The Morgan fingerprint density at radius 1 is 0.957 bits per heavy atom. The Morgan fingerprint density at radius 3 is 2.35 bits per heavy atom. The van der Waals surface area contributed by atoms with Gasteiger partial charge < -0.3 is 5.32 Å². The topological polar surface area (TPSA) is 15.3 Å². The minimum atomic E-state index is -2.51. The van der Waals surface area contributed by atoms with Crippen molar-refractivity contribution >= 4 is 11.4 Å². The van der Waals surface area contributed by atoms with E-state index in [-0.39, 0.29) is 13.0 Å². The van der Waals surface area contributed by atoms with Crippen molar-refractivity contribution in [1.82, 2.24) is 4.90 Å². The number of piperidine rings is 1. The highest BCUT2D eigenvalue weighted by Gasteiger charge is 2.34. The van der Waals surface area contributed by atoms with Gasteiger partial charge in [0.1, 0.15) is 0 Å². The highest BCUT2D eigenvalue weighted by atomic mass is 19.3. The van der Waals surface area contributed by atoms with Gasteiger partial charge in [-0.3, -0.25) is 4.90 Å². The zero-order valence-corrected chi connectivity index (χ0v) is 13.1. The molecule has 1 heterocycles. The molecule has 0 bridgehead atoms. The van der Waals surface area contributed by atoms with E-state index < -0.39 is 5.92 Å². The number of anilines is 2. The van der Waals surface area contributed by atoms with Crippen molar-refractivity contribution in [2.75, 3.05) is 25.0 Å². The minimum Gasteiger partial charge on any atom is -0.356 e. The summed E-state index contributed by atoms with van der Waals surface area (Å²) in [5, 5.41) is 3.34. The van der Waals surface area contributed by atoms with Crippen LogP contribution in [0, 0.1) is 0 Å². The molecule has 0 amide bonds. The van der Waals surface area contributed by atoms with Crippen molar-refractivity contribution in [1.29, 1.82) is 0 Å². The second-order valence-corrected chi connectivity index (χ2v) is 6.17. The predicted molar refractivity (Wildman–Crippen MR) is 90.5 cm³/mol. The zero-order chi connectivity index (χ0) is 16.1. The Balaban J connectivity index is 1.51. The first-order valence-corrected chi connectivity index (χ1v) is 8.12. The van der Waals surface area contributed by atoms with E-state index >= 15 is 0 Å². The lowest BCUT2D eigenvalue weighted by atomic mass is 10.1. The molecule has 0 atom stereocenters. The summed E-state index contributed by atoms with van der Waals surface area (Å²) in [6.07, 6.45) is 1.43. The van der Waals surface area contributed by atoms with Crippen molar-refractivity contribution in [3.63, 3.8) is 0 Å². The van der Waals surface area contributed by atoms with Gasteiger partial charge in [0.2, 0.25) is 0 Å². The molecule has 0 aliphatic carbocycles. The molecule has 1 aliphatic heterocycles. The van der Waals surface area contributed by atoms with Crippen molar-refractivity contribution < 1.29 is 8.78 Å². The number of alkyl halides is 2. The normalized spacial score (nSPS) is 17.8. The minimum absolute atomic E-state index is 0.0311. The molecule has 1 N–H and O–H groups in total. The average molecular weight is 316 g/mol. The van der Waals surface area contributed by atoms with Gasteiger partial charge in [-0.2, -0.15) is 0 Å². The van der Waals surface area contributed by atoms with Crippen LogP contribution in [-0.2, 0) is 6.42 Å². The maximum Gasteiger partial charge on any atom is 0.260 e. The van der Waals surface area contributed by atoms with Gasteiger partial charge in [0.25, 0.3) is 5.92 Å².